The fourth-order valence-corrected chi connectivity index (χ4v) is 2.79. The van der Waals surface area contributed by atoms with E-state index in [0.29, 0.717) is 13.2 Å². The molecule has 0 heterocycles. The summed E-state index contributed by atoms with van der Waals surface area (Å²) in [6.07, 6.45) is 2.08. The van der Waals surface area contributed by atoms with Crippen LogP contribution in [0.25, 0.3) is 0 Å². The summed E-state index contributed by atoms with van der Waals surface area (Å²) in [5, 5.41) is 0. The molecule has 0 fully saturated rings. The Morgan fingerprint density at radius 1 is 1.31 bits per heavy atom. The zero-order chi connectivity index (χ0) is 12.8. The highest BCUT2D eigenvalue weighted by atomic mass is 35.7. The molecule has 0 aliphatic carbocycles. The lowest BCUT2D eigenvalue weighted by atomic mass is 9.82. The molecule has 0 saturated carbocycles. The minimum absolute atomic E-state index is 0.0236. The molecule has 0 aromatic heterocycles. The molecule has 0 rings (SSSR count). The molecule has 16 heavy (non-hydrogen) atoms. The first-order chi connectivity index (χ1) is 7.17. The van der Waals surface area contributed by atoms with Gasteiger partial charge in [0, 0.05) is 23.2 Å². The lowest BCUT2D eigenvalue weighted by molar-refractivity contribution is 0.0639. The number of hydrogen-bond acceptors (Lipinski definition) is 3. The van der Waals surface area contributed by atoms with Crippen LogP contribution >= 0.6 is 10.7 Å². The van der Waals surface area contributed by atoms with Crippen LogP contribution in [0.2, 0.25) is 0 Å². The van der Waals surface area contributed by atoms with Crippen LogP contribution in [0.1, 0.15) is 40.5 Å². The van der Waals surface area contributed by atoms with Crippen molar-refractivity contribution in [3.05, 3.63) is 0 Å². The van der Waals surface area contributed by atoms with Gasteiger partial charge in [-0.05, 0) is 11.8 Å². The molecule has 0 aromatic carbocycles. The van der Waals surface area contributed by atoms with E-state index in [4.69, 9.17) is 15.4 Å². The third kappa shape index (κ3) is 8.36. The van der Waals surface area contributed by atoms with Crippen molar-refractivity contribution in [1.29, 1.82) is 0 Å². The molecule has 0 amide bonds. The Bertz CT molecular complexity index is 280. The molecular formula is C11H23ClO3S. The minimum Gasteiger partial charge on any atom is -0.381 e. The van der Waals surface area contributed by atoms with Crippen LogP contribution in [0.5, 0.6) is 0 Å². The number of halogens is 1. The van der Waals surface area contributed by atoms with E-state index in [1.807, 2.05) is 20.8 Å². The highest BCUT2D eigenvalue weighted by Crippen LogP contribution is 2.28. The van der Waals surface area contributed by atoms with E-state index in [1.54, 1.807) is 0 Å². The fourth-order valence-electron chi connectivity index (χ4n) is 1.26. The predicted octanol–water partition coefficient (Wildman–Crippen LogP) is 3.03. The van der Waals surface area contributed by atoms with E-state index in [-0.39, 0.29) is 17.1 Å². The van der Waals surface area contributed by atoms with E-state index >= 15 is 0 Å². The maximum atomic E-state index is 11.1. The molecule has 0 bridgehead atoms. The largest absolute Gasteiger partial charge is 0.381 e. The second-order valence-corrected chi connectivity index (χ2v) is 8.02. The van der Waals surface area contributed by atoms with Gasteiger partial charge in [-0.3, -0.25) is 0 Å². The fraction of sp³-hybridized carbons (Fsp3) is 1.00. The summed E-state index contributed by atoms with van der Waals surface area (Å²) in [4.78, 5) is 0. The summed E-state index contributed by atoms with van der Waals surface area (Å²) in [5.74, 6) is -0.0867. The van der Waals surface area contributed by atoms with Crippen LogP contribution in [0.4, 0.5) is 0 Å². The van der Waals surface area contributed by atoms with E-state index in [1.165, 1.54) is 0 Å². The summed E-state index contributed by atoms with van der Waals surface area (Å²) < 4.78 is 27.7. The van der Waals surface area contributed by atoms with Gasteiger partial charge in [-0.25, -0.2) is 8.42 Å². The highest BCUT2D eigenvalue weighted by Gasteiger charge is 2.28. The van der Waals surface area contributed by atoms with Crippen LogP contribution in [-0.4, -0.2) is 27.4 Å². The van der Waals surface area contributed by atoms with Crippen molar-refractivity contribution in [2.45, 2.75) is 40.5 Å². The Balaban J connectivity index is 4.24. The first kappa shape index (κ1) is 16.2. The van der Waals surface area contributed by atoms with Crippen LogP contribution in [-0.2, 0) is 13.8 Å². The van der Waals surface area contributed by atoms with Crippen molar-refractivity contribution in [2.75, 3.05) is 19.0 Å². The van der Waals surface area contributed by atoms with Gasteiger partial charge in [0.2, 0.25) is 9.05 Å². The van der Waals surface area contributed by atoms with E-state index < -0.39 is 9.05 Å². The summed E-state index contributed by atoms with van der Waals surface area (Å²) in [6, 6.07) is 0. The molecule has 5 heteroatoms. The Kier molecular flexibility index (Phi) is 6.90. The van der Waals surface area contributed by atoms with Gasteiger partial charge >= 0.3 is 0 Å². The summed E-state index contributed by atoms with van der Waals surface area (Å²) in [6.45, 7) is 9.24. The maximum Gasteiger partial charge on any atom is 0.232 e. The molecule has 0 radical (unpaired) electrons. The normalized spacial score (nSPS) is 15.1. The molecule has 0 N–H and O–H groups in total. The van der Waals surface area contributed by atoms with Gasteiger partial charge < -0.3 is 4.74 Å². The monoisotopic (exact) mass is 270 g/mol. The van der Waals surface area contributed by atoms with Crippen LogP contribution < -0.4 is 0 Å². The predicted molar refractivity (Wildman–Crippen MR) is 68.3 cm³/mol. The quantitative estimate of drug-likeness (QED) is 0.528. The molecule has 3 nitrogen and oxygen atoms in total. The van der Waals surface area contributed by atoms with Crippen molar-refractivity contribution < 1.29 is 13.2 Å². The lowest BCUT2D eigenvalue weighted by Gasteiger charge is -2.29. The molecule has 0 aliphatic rings. The number of hydrogen-bond donors (Lipinski definition) is 0. The standard InChI is InChI=1S/C11H23ClO3S/c1-5-6-7-15-8-10(11(2,3)4)9-16(12,13)14/h10H,5-9H2,1-4H3. The second-order valence-electron chi connectivity index (χ2n) is 5.20. The first-order valence-corrected chi connectivity index (χ1v) is 8.14. The van der Waals surface area contributed by atoms with E-state index in [9.17, 15) is 8.42 Å². The molecular weight excluding hydrogens is 248 g/mol. The SMILES string of the molecule is CCCCOCC(CS(=O)(=O)Cl)C(C)(C)C. The average molecular weight is 271 g/mol. The third-order valence-corrected chi connectivity index (χ3v) is 3.76. The molecule has 0 aliphatic heterocycles. The first-order valence-electron chi connectivity index (χ1n) is 5.67. The summed E-state index contributed by atoms with van der Waals surface area (Å²) >= 11 is 0. The van der Waals surface area contributed by atoms with Gasteiger partial charge in [-0.1, -0.05) is 34.1 Å². The van der Waals surface area contributed by atoms with Gasteiger partial charge in [0.25, 0.3) is 0 Å². The molecule has 1 atom stereocenters. The zero-order valence-electron chi connectivity index (χ0n) is 10.6. The third-order valence-electron chi connectivity index (χ3n) is 2.59. The highest BCUT2D eigenvalue weighted by molar-refractivity contribution is 8.13. The van der Waals surface area contributed by atoms with Gasteiger partial charge in [0.05, 0.1) is 12.4 Å². The average Bonchev–Trinajstić information content (AvgIpc) is 2.06. The number of unbranched alkanes of at least 4 members (excludes halogenated alkanes) is 1. The molecule has 1 unspecified atom stereocenters. The van der Waals surface area contributed by atoms with E-state index in [0.717, 1.165) is 12.8 Å². The van der Waals surface area contributed by atoms with Gasteiger partial charge in [0.1, 0.15) is 0 Å². The molecule has 0 aromatic rings. The van der Waals surface area contributed by atoms with Gasteiger partial charge in [0.15, 0.2) is 0 Å². The van der Waals surface area contributed by atoms with Crippen LogP contribution in [0.3, 0.4) is 0 Å². The summed E-state index contributed by atoms with van der Waals surface area (Å²) in [7, 11) is 1.83. The smallest absolute Gasteiger partial charge is 0.232 e. The Labute approximate surface area is 104 Å². The topological polar surface area (TPSA) is 43.4 Å². The Hall–Kier alpha value is 0.200. The van der Waals surface area contributed by atoms with Crippen molar-refractivity contribution >= 4 is 19.7 Å². The van der Waals surface area contributed by atoms with Crippen molar-refractivity contribution in [3.8, 4) is 0 Å². The van der Waals surface area contributed by atoms with Crippen molar-refractivity contribution in [1.82, 2.24) is 0 Å². The Morgan fingerprint density at radius 2 is 1.88 bits per heavy atom. The maximum absolute atomic E-state index is 11.1. The van der Waals surface area contributed by atoms with Crippen molar-refractivity contribution in [2.24, 2.45) is 11.3 Å². The summed E-state index contributed by atoms with van der Waals surface area (Å²) in [5.41, 5.74) is -0.117. The van der Waals surface area contributed by atoms with Crippen molar-refractivity contribution in [3.63, 3.8) is 0 Å². The Morgan fingerprint density at radius 3 is 2.25 bits per heavy atom. The van der Waals surface area contributed by atoms with Crippen LogP contribution in [0, 0.1) is 11.3 Å². The molecule has 0 saturated heterocycles. The van der Waals surface area contributed by atoms with E-state index in [2.05, 4.69) is 6.92 Å². The number of ether oxygens (including phenoxy) is 1. The zero-order valence-corrected chi connectivity index (χ0v) is 12.2. The molecule has 98 valence electrons. The lowest BCUT2D eigenvalue weighted by Crippen LogP contribution is -2.30. The molecule has 0 spiro atoms. The second kappa shape index (κ2) is 6.82. The number of rotatable bonds is 7. The minimum atomic E-state index is -3.46. The van der Waals surface area contributed by atoms with Gasteiger partial charge in [-0.2, -0.15) is 0 Å². The van der Waals surface area contributed by atoms with Gasteiger partial charge in [-0.15, -0.1) is 0 Å². The van der Waals surface area contributed by atoms with Crippen LogP contribution in [0.15, 0.2) is 0 Å².